The first-order valence-corrected chi connectivity index (χ1v) is 7.52. The van der Waals surface area contributed by atoms with Gasteiger partial charge in [-0.2, -0.15) is 5.26 Å². The molecule has 1 atom stereocenters. The van der Waals surface area contributed by atoms with E-state index in [9.17, 15) is 10.1 Å². The monoisotopic (exact) mass is 268 g/mol. The van der Waals surface area contributed by atoms with Gasteiger partial charge in [0.15, 0.2) is 0 Å². The van der Waals surface area contributed by atoms with E-state index in [4.69, 9.17) is 0 Å². The number of aryl methyl sites for hydroxylation is 1. The van der Waals surface area contributed by atoms with E-state index in [1.165, 1.54) is 11.1 Å². The number of carbonyl (C=O) groups excluding carboxylic acids is 1. The molecule has 2 aliphatic rings. The van der Waals surface area contributed by atoms with Gasteiger partial charge in [-0.3, -0.25) is 4.79 Å². The molecule has 0 radical (unpaired) electrons. The van der Waals surface area contributed by atoms with Gasteiger partial charge >= 0.3 is 0 Å². The maximum Gasteiger partial charge on any atom is 0.221 e. The molecule has 1 aromatic rings. The summed E-state index contributed by atoms with van der Waals surface area (Å²) in [6.07, 6.45) is 6.32. The summed E-state index contributed by atoms with van der Waals surface area (Å²) in [6, 6.07) is 10.7. The van der Waals surface area contributed by atoms with Crippen molar-refractivity contribution in [2.24, 2.45) is 0 Å². The molecule has 104 valence electrons. The fraction of sp³-hybridized carbons (Fsp3) is 0.529. The van der Waals surface area contributed by atoms with Gasteiger partial charge in [0.25, 0.3) is 0 Å². The van der Waals surface area contributed by atoms with Crippen molar-refractivity contribution >= 4 is 5.91 Å². The third-order valence-electron chi connectivity index (χ3n) is 4.74. The van der Waals surface area contributed by atoms with Crippen LogP contribution in [0.3, 0.4) is 0 Å². The summed E-state index contributed by atoms with van der Waals surface area (Å²) in [4.78, 5) is 12.3. The number of nitriles is 1. The molecule has 1 aromatic carbocycles. The van der Waals surface area contributed by atoms with Gasteiger partial charge in [0.05, 0.1) is 6.07 Å². The van der Waals surface area contributed by atoms with Gasteiger partial charge < -0.3 is 5.32 Å². The Morgan fingerprint density at radius 1 is 1.35 bits per heavy atom. The first-order chi connectivity index (χ1) is 9.72. The molecule has 2 aliphatic carbocycles. The number of nitrogens with one attached hydrogen (secondary N) is 1. The Morgan fingerprint density at radius 3 is 2.85 bits per heavy atom. The van der Waals surface area contributed by atoms with Crippen molar-refractivity contribution in [2.45, 2.75) is 56.4 Å². The minimum atomic E-state index is -0.588. The average molecular weight is 268 g/mol. The number of carbonyl (C=O) groups is 1. The quantitative estimate of drug-likeness (QED) is 0.916. The zero-order chi connectivity index (χ0) is 14.0. The van der Waals surface area contributed by atoms with Crippen molar-refractivity contribution in [1.29, 1.82) is 5.26 Å². The fourth-order valence-electron chi connectivity index (χ4n) is 3.64. The lowest BCUT2D eigenvalue weighted by Crippen LogP contribution is -2.45. The molecule has 1 N–H and O–H groups in total. The molecular formula is C17H20N2O. The summed E-state index contributed by atoms with van der Waals surface area (Å²) in [6.45, 7) is 0. The molecule has 0 spiro atoms. The molecule has 1 saturated carbocycles. The highest BCUT2D eigenvalue weighted by Crippen LogP contribution is 2.36. The van der Waals surface area contributed by atoms with Crippen LogP contribution in [0.1, 0.15) is 55.6 Å². The Hall–Kier alpha value is -1.82. The molecule has 1 fully saturated rings. The second-order valence-corrected chi connectivity index (χ2v) is 6.09. The summed E-state index contributed by atoms with van der Waals surface area (Å²) in [5, 5.41) is 12.3. The Balaban J connectivity index is 1.65. The van der Waals surface area contributed by atoms with Crippen molar-refractivity contribution in [3.05, 3.63) is 35.4 Å². The number of rotatable bonds is 3. The van der Waals surface area contributed by atoms with Gasteiger partial charge in [0.1, 0.15) is 5.54 Å². The molecule has 0 aliphatic heterocycles. The Labute approximate surface area is 120 Å². The maximum absolute atomic E-state index is 12.3. The van der Waals surface area contributed by atoms with Gasteiger partial charge in [0, 0.05) is 6.42 Å². The zero-order valence-corrected chi connectivity index (χ0v) is 11.7. The second-order valence-electron chi connectivity index (χ2n) is 6.09. The summed E-state index contributed by atoms with van der Waals surface area (Å²) < 4.78 is 0. The van der Waals surface area contributed by atoms with Crippen molar-refractivity contribution in [2.75, 3.05) is 0 Å². The third-order valence-corrected chi connectivity index (χ3v) is 4.74. The SMILES string of the molecule is N#CC1(NC(=O)CC2CCc3ccccc32)CCCC1. The number of amides is 1. The third kappa shape index (κ3) is 2.43. The Bertz CT molecular complexity index is 552. The van der Waals surface area contributed by atoms with E-state index in [-0.39, 0.29) is 5.91 Å². The largest absolute Gasteiger partial charge is 0.338 e. The molecule has 0 saturated heterocycles. The van der Waals surface area contributed by atoms with Crippen molar-refractivity contribution in [1.82, 2.24) is 5.32 Å². The Morgan fingerprint density at radius 2 is 2.10 bits per heavy atom. The first kappa shape index (κ1) is 13.2. The van der Waals surface area contributed by atoms with Crippen LogP contribution in [0.25, 0.3) is 0 Å². The smallest absolute Gasteiger partial charge is 0.221 e. The Kier molecular flexibility index (Phi) is 3.48. The van der Waals surface area contributed by atoms with Crippen LogP contribution in [0.5, 0.6) is 0 Å². The van der Waals surface area contributed by atoms with Crippen LogP contribution in [0.4, 0.5) is 0 Å². The summed E-state index contributed by atoms with van der Waals surface area (Å²) in [7, 11) is 0. The summed E-state index contributed by atoms with van der Waals surface area (Å²) >= 11 is 0. The van der Waals surface area contributed by atoms with Crippen LogP contribution in [-0.4, -0.2) is 11.4 Å². The van der Waals surface area contributed by atoms with Crippen molar-refractivity contribution < 1.29 is 4.79 Å². The highest BCUT2D eigenvalue weighted by Gasteiger charge is 2.36. The summed E-state index contributed by atoms with van der Waals surface area (Å²) in [5.74, 6) is 0.360. The van der Waals surface area contributed by atoms with Crippen LogP contribution in [0.15, 0.2) is 24.3 Å². The van der Waals surface area contributed by atoms with Crippen LogP contribution in [-0.2, 0) is 11.2 Å². The molecule has 3 rings (SSSR count). The summed E-state index contributed by atoms with van der Waals surface area (Å²) in [5.41, 5.74) is 2.11. The van der Waals surface area contributed by atoms with Crippen LogP contribution in [0.2, 0.25) is 0 Å². The predicted molar refractivity (Wildman–Crippen MR) is 77.1 cm³/mol. The average Bonchev–Trinajstić information content (AvgIpc) is 3.07. The predicted octanol–water partition coefficient (Wildman–Crippen LogP) is 3.06. The highest BCUT2D eigenvalue weighted by atomic mass is 16.1. The van der Waals surface area contributed by atoms with Crippen LogP contribution < -0.4 is 5.32 Å². The van der Waals surface area contributed by atoms with E-state index >= 15 is 0 Å². The maximum atomic E-state index is 12.3. The van der Waals surface area contributed by atoms with E-state index in [0.717, 1.165) is 38.5 Å². The van der Waals surface area contributed by atoms with Crippen LogP contribution in [0, 0.1) is 11.3 Å². The van der Waals surface area contributed by atoms with E-state index in [1.807, 2.05) is 6.07 Å². The highest BCUT2D eigenvalue weighted by molar-refractivity contribution is 5.78. The van der Waals surface area contributed by atoms with Gasteiger partial charge in [-0.15, -0.1) is 0 Å². The standard InChI is InChI=1S/C17H20N2O/c18-12-17(9-3-4-10-17)19-16(20)11-14-8-7-13-5-1-2-6-15(13)14/h1-2,5-6,14H,3-4,7-11H2,(H,19,20). The molecule has 0 aromatic heterocycles. The van der Waals surface area contributed by atoms with Gasteiger partial charge in [-0.25, -0.2) is 0 Å². The number of nitrogens with zero attached hydrogens (tertiary/aromatic N) is 1. The molecule has 1 unspecified atom stereocenters. The van der Waals surface area contributed by atoms with Gasteiger partial charge in [-0.1, -0.05) is 24.3 Å². The van der Waals surface area contributed by atoms with Crippen molar-refractivity contribution in [3.63, 3.8) is 0 Å². The topological polar surface area (TPSA) is 52.9 Å². The zero-order valence-electron chi connectivity index (χ0n) is 11.7. The molecule has 0 heterocycles. The minimum Gasteiger partial charge on any atom is -0.338 e. The molecule has 3 heteroatoms. The van der Waals surface area contributed by atoms with E-state index in [2.05, 4.69) is 29.6 Å². The number of hydrogen-bond donors (Lipinski definition) is 1. The van der Waals surface area contributed by atoms with E-state index in [0.29, 0.717) is 12.3 Å². The minimum absolute atomic E-state index is 0.0372. The fourth-order valence-corrected chi connectivity index (χ4v) is 3.64. The number of hydrogen-bond acceptors (Lipinski definition) is 2. The lowest BCUT2D eigenvalue weighted by atomic mass is 9.95. The molecule has 20 heavy (non-hydrogen) atoms. The molecule has 0 bridgehead atoms. The number of benzene rings is 1. The first-order valence-electron chi connectivity index (χ1n) is 7.52. The molecular weight excluding hydrogens is 248 g/mol. The van der Waals surface area contributed by atoms with E-state index < -0.39 is 5.54 Å². The second kappa shape index (κ2) is 5.28. The van der Waals surface area contributed by atoms with Gasteiger partial charge in [-0.05, 0) is 55.6 Å². The normalized spacial score (nSPS) is 23.1. The lowest BCUT2D eigenvalue weighted by molar-refractivity contribution is -0.122. The molecule has 3 nitrogen and oxygen atoms in total. The van der Waals surface area contributed by atoms with Crippen molar-refractivity contribution in [3.8, 4) is 6.07 Å². The number of fused-ring (bicyclic) bond motifs is 1. The van der Waals surface area contributed by atoms with E-state index in [1.54, 1.807) is 0 Å². The van der Waals surface area contributed by atoms with Gasteiger partial charge in [0.2, 0.25) is 5.91 Å². The lowest BCUT2D eigenvalue weighted by Gasteiger charge is -2.23. The molecule has 1 amide bonds. The van der Waals surface area contributed by atoms with Crippen LogP contribution >= 0.6 is 0 Å².